The Balaban J connectivity index is 2.02. The highest BCUT2D eigenvalue weighted by Gasteiger charge is 2.00. The second-order valence-corrected chi connectivity index (χ2v) is 5.53. The first-order valence-corrected chi connectivity index (χ1v) is 6.91. The third-order valence-corrected chi connectivity index (χ3v) is 3.72. The Morgan fingerprint density at radius 2 is 2.00 bits per heavy atom. The minimum atomic E-state index is 1.16. The van der Waals surface area contributed by atoms with Gasteiger partial charge in [0.1, 0.15) is 0 Å². The molecule has 0 saturated carbocycles. The number of hydrogen-bond donors (Lipinski definition) is 0. The van der Waals surface area contributed by atoms with Crippen LogP contribution in [0, 0.1) is 0 Å². The number of rotatable bonds is 5. The maximum atomic E-state index is 2.32. The van der Waals surface area contributed by atoms with Crippen molar-refractivity contribution < 1.29 is 0 Å². The Morgan fingerprint density at radius 3 is 2.71 bits per heavy atom. The molecule has 2 rings (SSSR count). The second kappa shape index (κ2) is 5.99. The summed E-state index contributed by atoms with van der Waals surface area (Å²) in [7, 11) is 4.25. The number of hydrogen-bond acceptors (Lipinski definition) is 2. The molecule has 1 aromatic carbocycles. The summed E-state index contributed by atoms with van der Waals surface area (Å²) in [6.45, 7) is 1.16. The molecule has 2 aromatic rings. The molecule has 90 valence electrons. The first kappa shape index (κ1) is 12.3. The molecule has 0 aliphatic heterocycles. The maximum absolute atomic E-state index is 2.32. The molecular weight excluding hydrogens is 226 g/mol. The van der Waals surface area contributed by atoms with Gasteiger partial charge in [0, 0.05) is 4.88 Å². The molecule has 0 aliphatic carbocycles. The summed E-state index contributed by atoms with van der Waals surface area (Å²) in [6.07, 6.45) is 2.39. The van der Waals surface area contributed by atoms with E-state index in [-0.39, 0.29) is 0 Å². The van der Waals surface area contributed by atoms with Crippen molar-refractivity contribution in [1.82, 2.24) is 4.90 Å². The van der Waals surface area contributed by atoms with Gasteiger partial charge in [0.05, 0.1) is 0 Å². The van der Waals surface area contributed by atoms with E-state index in [9.17, 15) is 0 Å². The van der Waals surface area contributed by atoms with Gasteiger partial charge in [0.2, 0.25) is 0 Å². The van der Waals surface area contributed by atoms with Crippen LogP contribution in [0.15, 0.2) is 41.8 Å². The molecule has 0 bridgehead atoms. The molecule has 0 amide bonds. The summed E-state index contributed by atoms with van der Waals surface area (Å²) in [5, 5.41) is 2.13. The highest BCUT2D eigenvalue weighted by atomic mass is 32.1. The first-order chi connectivity index (χ1) is 8.25. The molecule has 0 fully saturated rings. The van der Waals surface area contributed by atoms with E-state index in [1.807, 2.05) is 0 Å². The average molecular weight is 245 g/mol. The fraction of sp³-hybridized carbons (Fsp3) is 0.333. The zero-order chi connectivity index (χ0) is 12.1. The average Bonchev–Trinajstić information content (AvgIpc) is 2.82. The lowest BCUT2D eigenvalue weighted by Crippen LogP contribution is -2.13. The lowest BCUT2D eigenvalue weighted by molar-refractivity contribution is 0.400. The molecular formula is C15H19NS. The SMILES string of the molecule is CN(C)CCCc1cccc(-c2cccs2)c1. The van der Waals surface area contributed by atoms with Crippen molar-refractivity contribution in [2.24, 2.45) is 0 Å². The van der Waals surface area contributed by atoms with E-state index in [0.29, 0.717) is 0 Å². The van der Waals surface area contributed by atoms with Crippen molar-refractivity contribution in [2.75, 3.05) is 20.6 Å². The third kappa shape index (κ3) is 3.69. The number of aryl methyl sites for hydroxylation is 1. The van der Waals surface area contributed by atoms with Crippen LogP contribution in [0.1, 0.15) is 12.0 Å². The number of benzene rings is 1. The molecule has 0 aliphatic rings. The van der Waals surface area contributed by atoms with Gasteiger partial charge >= 0.3 is 0 Å². The lowest BCUT2D eigenvalue weighted by Gasteiger charge is -2.09. The van der Waals surface area contributed by atoms with Crippen molar-refractivity contribution in [1.29, 1.82) is 0 Å². The molecule has 1 aromatic heterocycles. The van der Waals surface area contributed by atoms with Crippen molar-refractivity contribution in [3.05, 3.63) is 47.3 Å². The minimum absolute atomic E-state index is 1.16. The van der Waals surface area contributed by atoms with Crippen LogP contribution >= 0.6 is 11.3 Å². The van der Waals surface area contributed by atoms with Crippen LogP contribution in [0.3, 0.4) is 0 Å². The molecule has 1 nitrogen and oxygen atoms in total. The minimum Gasteiger partial charge on any atom is -0.309 e. The van der Waals surface area contributed by atoms with Crippen LogP contribution in [-0.4, -0.2) is 25.5 Å². The van der Waals surface area contributed by atoms with E-state index in [4.69, 9.17) is 0 Å². The van der Waals surface area contributed by atoms with Crippen molar-refractivity contribution in [2.45, 2.75) is 12.8 Å². The van der Waals surface area contributed by atoms with E-state index in [0.717, 1.165) is 13.0 Å². The molecule has 2 heteroatoms. The van der Waals surface area contributed by atoms with E-state index < -0.39 is 0 Å². The van der Waals surface area contributed by atoms with Crippen molar-refractivity contribution >= 4 is 11.3 Å². The molecule has 0 N–H and O–H groups in total. The van der Waals surface area contributed by atoms with E-state index in [1.54, 1.807) is 11.3 Å². The highest BCUT2D eigenvalue weighted by Crippen LogP contribution is 2.25. The Kier molecular flexibility index (Phi) is 4.35. The van der Waals surface area contributed by atoms with Gasteiger partial charge in [0.15, 0.2) is 0 Å². The summed E-state index contributed by atoms with van der Waals surface area (Å²) in [6, 6.07) is 13.2. The number of thiophene rings is 1. The Morgan fingerprint density at radius 1 is 1.12 bits per heavy atom. The Bertz CT molecular complexity index is 446. The lowest BCUT2D eigenvalue weighted by atomic mass is 10.1. The summed E-state index contributed by atoms with van der Waals surface area (Å²) in [5.41, 5.74) is 2.79. The van der Waals surface area contributed by atoms with Gasteiger partial charge in [-0.2, -0.15) is 0 Å². The molecule has 17 heavy (non-hydrogen) atoms. The third-order valence-electron chi connectivity index (χ3n) is 2.80. The Hall–Kier alpha value is -1.12. The molecule has 1 heterocycles. The van der Waals surface area contributed by atoms with Gasteiger partial charge in [-0.3, -0.25) is 0 Å². The highest BCUT2D eigenvalue weighted by molar-refractivity contribution is 7.13. The number of nitrogens with zero attached hydrogens (tertiary/aromatic N) is 1. The molecule has 0 radical (unpaired) electrons. The van der Waals surface area contributed by atoms with Crippen LogP contribution in [-0.2, 0) is 6.42 Å². The summed E-state index contributed by atoms with van der Waals surface area (Å²) in [4.78, 5) is 3.60. The summed E-state index contributed by atoms with van der Waals surface area (Å²) in [5.74, 6) is 0. The molecule has 0 spiro atoms. The Labute approximate surface area is 108 Å². The van der Waals surface area contributed by atoms with Crippen LogP contribution in [0.2, 0.25) is 0 Å². The first-order valence-electron chi connectivity index (χ1n) is 6.03. The zero-order valence-electron chi connectivity index (χ0n) is 10.5. The smallest absolute Gasteiger partial charge is 0.0342 e. The summed E-state index contributed by atoms with van der Waals surface area (Å²) < 4.78 is 0. The van der Waals surface area contributed by atoms with E-state index in [2.05, 4.69) is 60.8 Å². The largest absolute Gasteiger partial charge is 0.309 e. The zero-order valence-corrected chi connectivity index (χ0v) is 11.3. The molecule has 0 unspecified atom stereocenters. The van der Waals surface area contributed by atoms with Crippen LogP contribution in [0.25, 0.3) is 10.4 Å². The normalized spacial score (nSPS) is 11.0. The van der Waals surface area contributed by atoms with Crippen LogP contribution in [0.4, 0.5) is 0 Å². The molecule has 0 saturated heterocycles. The quantitative estimate of drug-likeness (QED) is 0.772. The monoisotopic (exact) mass is 245 g/mol. The van der Waals surface area contributed by atoms with Crippen LogP contribution < -0.4 is 0 Å². The van der Waals surface area contributed by atoms with Crippen LogP contribution in [0.5, 0.6) is 0 Å². The van der Waals surface area contributed by atoms with E-state index in [1.165, 1.54) is 22.4 Å². The van der Waals surface area contributed by atoms with Gasteiger partial charge in [-0.05, 0) is 56.1 Å². The van der Waals surface area contributed by atoms with Gasteiger partial charge < -0.3 is 4.90 Å². The standard InChI is InChI=1S/C15H19NS/c1-16(2)10-4-7-13-6-3-8-14(12-13)15-9-5-11-17-15/h3,5-6,8-9,11-12H,4,7,10H2,1-2H3. The summed E-state index contributed by atoms with van der Waals surface area (Å²) >= 11 is 1.81. The second-order valence-electron chi connectivity index (χ2n) is 4.58. The predicted octanol–water partition coefficient (Wildman–Crippen LogP) is 3.91. The van der Waals surface area contributed by atoms with Crippen molar-refractivity contribution in [3.63, 3.8) is 0 Å². The molecule has 0 atom stereocenters. The van der Waals surface area contributed by atoms with Gasteiger partial charge in [-0.15, -0.1) is 11.3 Å². The topological polar surface area (TPSA) is 3.24 Å². The van der Waals surface area contributed by atoms with Gasteiger partial charge in [-0.25, -0.2) is 0 Å². The van der Waals surface area contributed by atoms with Gasteiger partial charge in [0.25, 0.3) is 0 Å². The van der Waals surface area contributed by atoms with Crippen molar-refractivity contribution in [3.8, 4) is 10.4 Å². The maximum Gasteiger partial charge on any atom is 0.0342 e. The fourth-order valence-corrected chi connectivity index (χ4v) is 2.65. The fourth-order valence-electron chi connectivity index (χ4n) is 1.92. The predicted molar refractivity (Wildman–Crippen MR) is 76.6 cm³/mol. The van der Waals surface area contributed by atoms with E-state index >= 15 is 0 Å². The van der Waals surface area contributed by atoms with Gasteiger partial charge in [-0.1, -0.05) is 30.3 Å².